The Morgan fingerprint density at radius 2 is 2.21 bits per heavy atom. The van der Waals surface area contributed by atoms with Crippen LogP contribution in [0.3, 0.4) is 0 Å². The monoisotopic (exact) mass is 278 g/mol. The SMILES string of the molecule is CC(C)N(CC1CCCN1)C(c1cccs1)C1CC1. The third-order valence-corrected chi connectivity index (χ3v) is 5.46. The van der Waals surface area contributed by atoms with Crippen molar-refractivity contribution < 1.29 is 0 Å². The largest absolute Gasteiger partial charge is 0.313 e. The van der Waals surface area contributed by atoms with E-state index in [9.17, 15) is 0 Å². The van der Waals surface area contributed by atoms with Crippen LogP contribution in [-0.4, -0.2) is 30.1 Å². The maximum Gasteiger partial charge on any atom is 0.0473 e. The molecule has 2 unspecified atom stereocenters. The van der Waals surface area contributed by atoms with Gasteiger partial charge in [-0.05, 0) is 63.4 Å². The molecule has 0 bridgehead atoms. The Labute approximate surface area is 121 Å². The van der Waals surface area contributed by atoms with Crippen LogP contribution in [0.2, 0.25) is 0 Å². The molecule has 3 rings (SSSR count). The molecule has 1 aliphatic heterocycles. The van der Waals surface area contributed by atoms with Crippen LogP contribution in [0.15, 0.2) is 17.5 Å². The van der Waals surface area contributed by atoms with E-state index in [1.165, 1.54) is 38.8 Å². The number of hydrogen-bond acceptors (Lipinski definition) is 3. The van der Waals surface area contributed by atoms with E-state index in [2.05, 4.69) is 41.6 Å². The minimum Gasteiger partial charge on any atom is -0.313 e. The summed E-state index contributed by atoms with van der Waals surface area (Å²) >= 11 is 1.94. The normalized spacial score (nSPS) is 25.4. The van der Waals surface area contributed by atoms with Crippen molar-refractivity contribution in [2.75, 3.05) is 13.1 Å². The summed E-state index contributed by atoms with van der Waals surface area (Å²) in [4.78, 5) is 4.33. The molecule has 19 heavy (non-hydrogen) atoms. The molecule has 0 spiro atoms. The first-order valence-electron chi connectivity index (χ1n) is 7.78. The molecular formula is C16H26N2S. The summed E-state index contributed by atoms with van der Waals surface area (Å²) in [6, 6.07) is 6.56. The van der Waals surface area contributed by atoms with Crippen molar-refractivity contribution in [1.82, 2.24) is 10.2 Å². The molecule has 1 N–H and O–H groups in total. The van der Waals surface area contributed by atoms with Gasteiger partial charge in [-0.1, -0.05) is 6.07 Å². The van der Waals surface area contributed by atoms with Gasteiger partial charge in [0.05, 0.1) is 0 Å². The van der Waals surface area contributed by atoms with E-state index < -0.39 is 0 Å². The van der Waals surface area contributed by atoms with Crippen molar-refractivity contribution in [3.05, 3.63) is 22.4 Å². The van der Waals surface area contributed by atoms with Crippen LogP contribution in [0, 0.1) is 5.92 Å². The highest BCUT2D eigenvalue weighted by Crippen LogP contribution is 2.46. The lowest BCUT2D eigenvalue weighted by atomic mass is 10.0. The van der Waals surface area contributed by atoms with Crippen molar-refractivity contribution in [3.63, 3.8) is 0 Å². The van der Waals surface area contributed by atoms with Crippen LogP contribution >= 0.6 is 11.3 Å². The van der Waals surface area contributed by atoms with Gasteiger partial charge in [-0.2, -0.15) is 0 Å². The minimum atomic E-state index is 0.634. The number of nitrogens with one attached hydrogen (secondary N) is 1. The Morgan fingerprint density at radius 3 is 2.74 bits per heavy atom. The lowest BCUT2D eigenvalue weighted by molar-refractivity contribution is 0.125. The number of nitrogens with zero attached hydrogens (tertiary/aromatic N) is 1. The van der Waals surface area contributed by atoms with Gasteiger partial charge in [0.25, 0.3) is 0 Å². The summed E-state index contributed by atoms with van der Waals surface area (Å²) in [5, 5.41) is 5.90. The standard InChI is InChI=1S/C16H26N2S/c1-12(2)18(11-14-5-3-9-17-14)16(13-7-8-13)15-6-4-10-19-15/h4,6,10,12-14,16-17H,3,5,7-9,11H2,1-2H3. The van der Waals surface area contributed by atoms with Crippen molar-refractivity contribution in [1.29, 1.82) is 0 Å². The molecule has 3 heteroatoms. The molecule has 2 fully saturated rings. The van der Waals surface area contributed by atoms with E-state index in [-0.39, 0.29) is 0 Å². The predicted molar refractivity (Wildman–Crippen MR) is 82.7 cm³/mol. The fourth-order valence-electron chi connectivity index (χ4n) is 3.35. The highest BCUT2D eigenvalue weighted by Gasteiger charge is 2.38. The van der Waals surface area contributed by atoms with Crippen LogP contribution in [0.1, 0.15) is 50.4 Å². The Hall–Kier alpha value is -0.380. The number of rotatable bonds is 6. The summed E-state index contributed by atoms with van der Waals surface area (Å²) in [5.41, 5.74) is 0. The molecule has 0 aromatic carbocycles. The van der Waals surface area contributed by atoms with Gasteiger partial charge in [0.15, 0.2) is 0 Å². The Balaban J connectivity index is 1.76. The van der Waals surface area contributed by atoms with E-state index in [4.69, 9.17) is 0 Å². The highest BCUT2D eigenvalue weighted by atomic mass is 32.1. The zero-order valence-corrected chi connectivity index (χ0v) is 13.0. The molecule has 2 nitrogen and oxygen atoms in total. The molecule has 2 aliphatic rings. The van der Waals surface area contributed by atoms with E-state index in [1.807, 2.05) is 11.3 Å². The lowest BCUT2D eigenvalue weighted by Crippen LogP contribution is -2.43. The van der Waals surface area contributed by atoms with E-state index >= 15 is 0 Å². The van der Waals surface area contributed by atoms with E-state index in [0.29, 0.717) is 18.1 Å². The summed E-state index contributed by atoms with van der Waals surface area (Å²) in [7, 11) is 0. The molecule has 1 saturated heterocycles. The summed E-state index contributed by atoms with van der Waals surface area (Å²) in [5.74, 6) is 0.905. The molecule has 2 atom stereocenters. The van der Waals surface area contributed by atoms with Crippen LogP contribution in [0.4, 0.5) is 0 Å². The van der Waals surface area contributed by atoms with Crippen LogP contribution in [-0.2, 0) is 0 Å². The first kappa shape index (κ1) is 13.6. The maximum atomic E-state index is 3.66. The Morgan fingerprint density at radius 1 is 1.37 bits per heavy atom. The average Bonchev–Trinajstić information content (AvgIpc) is 2.89. The van der Waals surface area contributed by atoms with Gasteiger partial charge < -0.3 is 5.32 Å². The van der Waals surface area contributed by atoms with Crippen LogP contribution in [0.5, 0.6) is 0 Å². The van der Waals surface area contributed by atoms with Gasteiger partial charge in [0.1, 0.15) is 0 Å². The second-order valence-electron chi connectivity index (χ2n) is 6.38. The third kappa shape index (κ3) is 3.21. The van der Waals surface area contributed by atoms with E-state index in [1.54, 1.807) is 4.88 Å². The van der Waals surface area contributed by atoms with Gasteiger partial charge in [-0.25, -0.2) is 0 Å². The fourth-order valence-corrected chi connectivity index (χ4v) is 4.29. The Kier molecular flexibility index (Phi) is 4.25. The van der Waals surface area contributed by atoms with Gasteiger partial charge >= 0.3 is 0 Å². The summed E-state index contributed by atoms with van der Waals surface area (Å²) < 4.78 is 0. The molecule has 2 heterocycles. The zero-order chi connectivity index (χ0) is 13.2. The van der Waals surface area contributed by atoms with Crippen molar-refractivity contribution in [2.45, 2.75) is 57.7 Å². The van der Waals surface area contributed by atoms with Crippen molar-refractivity contribution in [2.24, 2.45) is 5.92 Å². The maximum absolute atomic E-state index is 3.66. The van der Waals surface area contributed by atoms with Gasteiger partial charge in [-0.15, -0.1) is 11.3 Å². The molecule has 106 valence electrons. The number of hydrogen-bond donors (Lipinski definition) is 1. The lowest BCUT2D eigenvalue weighted by Gasteiger charge is -2.36. The summed E-state index contributed by atoms with van der Waals surface area (Å²) in [6.07, 6.45) is 5.54. The smallest absolute Gasteiger partial charge is 0.0473 e. The third-order valence-electron chi connectivity index (χ3n) is 4.52. The van der Waals surface area contributed by atoms with Crippen molar-refractivity contribution in [3.8, 4) is 0 Å². The quantitative estimate of drug-likeness (QED) is 0.854. The first-order valence-corrected chi connectivity index (χ1v) is 8.66. The first-order chi connectivity index (χ1) is 9.25. The fraction of sp³-hybridized carbons (Fsp3) is 0.750. The molecule has 1 aliphatic carbocycles. The highest BCUT2D eigenvalue weighted by molar-refractivity contribution is 7.10. The predicted octanol–water partition coefficient (Wildman–Crippen LogP) is 3.66. The Bertz CT molecular complexity index is 377. The second kappa shape index (κ2) is 5.94. The average molecular weight is 278 g/mol. The number of thiophene rings is 1. The second-order valence-corrected chi connectivity index (χ2v) is 7.36. The van der Waals surface area contributed by atoms with Gasteiger partial charge in [0, 0.05) is 29.5 Å². The van der Waals surface area contributed by atoms with Crippen LogP contribution in [0.25, 0.3) is 0 Å². The molecule has 0 radical (unpaired) electrons. The summed E-state index contributed by atoms with van der Waals surface area (Å²) in [6.45, 7) is 7.15. The zero-order valence-electron chi connectivity index (χ0n) is 12.1. The molecule has 1 aromatic heterocycles. The molecule has 1 aromatic rings. The molecular weight excluding hydrogens is 252 g/mol. The van der Waals surface area contributed by atoms with E-state index in [0.717, 1.165) is 5.92 Å². The molecule has 1 saturated carbocycles. The van der Waals surface area contributed by atoms with Gasteiger partial charge in [0.2, 0.25) is 0 Å². The van der Waals surface area contributed by atoms with Crippen molar-refractivity contribution >= 4 is 11.3 Å². The topological polar surface area (TPSA) is 15.3 Å². The minimum absolute atomic E-state index is 0.634. The van der Waals surface area contributed by atoms with Crippen LogP contribution < -0.4 is 5.32 Å². The van der Waals surface area contributed by atoms with Gasteiger partial charge in [-0.3, -0.25) is 4.90 Å². The molecule has 0 amide bonds.